The molecule has 1 amide bonds. The minimum Gasteiger partial charge on any atom is -0.370 e. The number of aromatic nitrogens is 5. The molecule has 0 atom stereocenters. The Kier molecular flexibility index (Phi) is 5.36. The van der Waals surface area contributed by atoms with E-state index in [1.165, 1.54) is 29.6 Å². The van der Waals surface area contributed by atoms with Crippen molar-refractivity contribution in [3.63, 3.8) is 0 Å². The molecule has 2 aliphatic heterocycles. The Morgan fingerprint density at radius 1 is 1.06 bits per heavy atom. The molecule has 1 spiro atoms. The highest BCUT2D eigenvalue weighted by molar-refractivity contribution is 5.96. The van der Waals surface area contributed by atoms with Crippen molar-refractivity contribution >= 4 is 28.6 Å². The molecule has 5 heterocycles. The van der Waals surface area contributed by atoms with Crippen LogP contribution in [0, 0.1) is 5.41 Å². The highest BCUT2D eigenvalue weighted by atomic mass is 19.4. The second kappa shape index (κ2) is 8.13. The minimum absolute atomic E-state index is 0.127. The number of amides is 1. The number of pyridine rings is 1. The van der Waals surface area contributed by atoms with E-state index >= 15 is 0 Å². The van der Waals surface area contributed by atoms with Gasteiger partial charge >= 0.3 is 6.18 Å². The van der Waals surface area contributed by atoms with E-state index in [4.69, 9.17) is 0 Å². The van der Waals surface area contributed by atoms with Crippen molar-refractivity contribution in [2.45, 2.75) is 38.4 Å². The van der Waals surface area contributed by atoms with Gasteiger partial charge in [0.2, 0.25) is 5.91 Å². The van der Waals surface area contributed by atoms with Gasteiger partial charge in [-0.1, -0.05) is 0 Å². The van der Waals surface area contributed by atoms with E-state index in [9.17, 15) is 26.7 Å². The van der Waals surface area contributed by atoms with Crippen molar-refractivity contribution in [3.8, 4) is 0 Å². The van der Waals surface area contributed by atoms with Crippen LogP contribution in [-0.2, 0) is 17.5 Å². The summed E-state index contributed by atoms with van der Waals surface area (Å²) in [6.45, 7) is 0.933. The zero-order valence-corrected chi connectivity index (χ0v) is 17.8. The van der Waals surface area contributed by atoms with Crippen LogP contribution in [0.3, 0.4) is 0 Å². The predicted molar refractivity (Wildman–Crippen MR) is 111 cm³/mol. The average Bonchev–Trinajstić information content (AvgIpc) is 3.33. The monoisotopic (exact) mass is 481 g/mol. The molecular weight excluding hydrogens is 461 g/mol. The Balaban J connectivity index is 1.29. The van der Waals surface area contributed by atoms with Crippen LogP contribution < -0.4 is 9.80 Å². The zero-order chi connectivity index (χ0) is 24.1. The summed E-state index contributed by atoms with van der Waals surface area (Å²) in [6, 6.07) is 2.38. The molecule has 5 rings (SSSR count). The van der Waals surface area contributed by atoms with Gasteiger partial charge < -0.3 is 4.90 Å². The molecule has 2 fully saturated rings. The number of carbonyl (C=O) groups is 1. The van der Waals surface area contributed by atoms with Gasteiger partial charge in [0, 0.05) is 31.5 Å². The third-order valence-corrected chi connectivity index (χ3v) is 6.47. The van der Waals surface area contributed by atoms with Gasteiger partial charge in [-0.3, -0.25) is 9.69 Å². The second-order valence-electron chi connectivity index (χ2n) is 8.70. The van der Waals surface area contributed by atoms with Crippen molar-refractivity contribution in [2.24, 2.45) is 5.41 Å². The molecule has 0 aromatic carbocycles. The minimum atomic E-state index is -4.48. The molecule has 180 valence electrons. The topological polar surface area (TPSA) is 80.0 Å². The first-order valence-corrected chi connectivity index (χ1v) is 10.7. The number of piperidine rings is 1. The Bertz CT molecular complexity index is 1200. The number of rotatable bonds is 4. The molecule has 13 heteroatoms. The van der Waals surface area contributed by atoms with Gasteiger partial charge in [-0.2, -0.15) is 18.3 Å². The van der Waals surface area contributed by atoms with Gasteiger partial charge in [-0.15, -0.1) is 0 Å². The number of alkyl halides is 5. The van der Waals surface area contributed by atoms with Gasteiger partial charge in [-0.05, 0) is 25.0 Å². The summed E-state index contributed by atoms with van der Waals surface area (Å²) in [6.07, 6.45) is -1.44. The van der Waals surface area contributed by atoms with Crippen LogP contribution in [0.1, 0.15) is 25.0 Å². The van der Waals surface area contributed by atoms with Crippen LogP contribution in [0.2, 0.25) is 0 Å². The van der Waals surface area contributed by atoms with Crippen LogP contribution in [-0.4, -0.2) is 56.7 Å². The van der Waals surface area contributed by atoms with Gasteiger partial charge in [0.25, 0.3) is 6.43 Å². The molecule has 0 N–H and O–H groups in total. The smallest absolute Gasteiger partial charge is 0.370 e. The largest absolute Gasteiger partial charge is 0.433 e. The molecule has 0 aliphatic carbocycles. The predicted octanol–water partition coefficient (Wildman–Crippen LogP) is 3.53. The maximum atomic E-state index is 12.9. The first-order valence-electron chi connectivity index (χ1n) is 10.7. The third kappa shape index (κ3) is 4.14. The summed E-state index contributed by atoms with van der Waals surface area (Å²) in [4.78, 5) is 28.5. The Hall–Kier alpha value is -3.38. The molecule has 3 aromatic rings. The molecule has 0 unspecified atom stereocenters. The lowest BCUT2D eigenvalue weighted by Crippen LogP contribution is -2.41. The lowest BCUT2D eigenvalue weighted by Gasteiger charge is -2.39. The molecule has 34 heavy (non-hydrogen) atoms. The molecule has 0 saturated carbocycles. The Morgan fingerprint density at radius 3 is 2.47 bits per heavy atom. The SMILES string of the molecule is O=C1CC2(CCN(c3ccc(C(F)(F)F)nc3)CC2)CN1c1cnc2cnn(CC(F)F)c2n1. The van der Waals surface area contributed by atoms with Crippen LogP contribution in [0.5, 0.6) is 0 Å². The van der Waals surface area contributed by atoms with Crippen molar-refractivity contribution in [3.05, 3.63) is 36.4 Å². The number of hydrogen-bond donors (Lipinski definition) is 0. The van der Waals surface area contributed by atoms with Gasteiger partial charge in [-0.25, -0.2) is 28.4 Å². The van der Waals surface area contributed by atoms with E-state index < -0.39 is 24.8 Å². The van der Waals surface area contributed by atoms with Crippen LogP contribution in [0.4, 0.5) is 33.5 Å². The molecule has 0 radical (unpaired) electrons. The van der Waals surface area contributed by atoms with Gasteiger partial charge in [0.1, 0.15) is 17.8 Å². The number of carbonyl (C=O) groups excluding carboxylic acids is 1. The quantitative estimate of drug-likeness (QED) is 0.531. The van der Waals surface area contributed by atoms with Gasteiger partial charge in [0.05, 0.1) is 24.3 Å². The zero-order valence-electron chi connectivity index (χ0n) is 17.8. The fraction of sp³-hybridized carbons (Fsp3) is 0.476. The number of halogens is 5. The summed E-state index contributed by atoms with van der Waals surface area (Å²) >= 11 is 0. The summed E-state index contributed by atoms with van der Waals surface area (Å²) in [5.41, 5.74) is -0.0741. The number of fused-ring (bicyclic) bond motifs is 1. The molecular formula is C21H20F5N7O. The number of nitrogens with zero attached hydrogens (tertiary/aromatic N) is 7. The standard InChI is InChI=1S/C21H20F5N7O/c22-16(23)11-33-19-14(9-29-33)27-10-17(30-19)32-12-20(7-18(32)34)3-5-31(6-4-20)13-1-2-15(28-8-13)21(24,25)26/h1-2,8-10,16H,3-7,11-12H2. The lowest BCUT2D eigenvalue weighted by molar-refractivity contribution is -0.141. The molecule has 8 nitrogen and oxygen atoms in total. The first-order chi connectivity index (χ1) is 16.1. The van der Waals surface area contributed by atoms with Crippen LogP contribution >= 0.6 is 0 Å². The lowest BCUT2D eigenvalue weighted by atomic mass is 9.77. The van der Waals surface area contributed by atoms with Gasteiger partial charge in [0.15, 0.2) is 11.5 Å². The summed E-state index contributed by atoms with van der Waals surface area (Å²) in [7, 11) is 0. The summed E-state index contributed by atoms with van der Waals surface area (Å²) in [5, 5.41) is 3.90. The van der Waals surface area contributed by atoms with Crippen molar-refractivity contribution in [1.29, 1.82) is 0 Å². The van der Waals surface area contributed by atoms with E-state index in [1.807, 2.05) is 4.90 Å². The fourth-order valence-corrected chi connectivity index (χ4v) is 4.65. The van der Waals surface area contributed by atoms with E-state index in [0.29, 0.717) is 55.9 Å². The second-order valence-corrected chi connectivity index (χ2v) is 8.70. The number of hydrogen-bond acceptors (Lipinski definition) is 6. The molecule has 2 aliphatic rings. The summed E-state index contributed by atoms with van der Waals surface area (Å²) in [5.74, 6) is 0.165. The molecule has 2 saturated heterocycles. The first kappa shape index (κ1) is 22.4. The number of anilines is 2. The maximum absolute atomic E-state index is 12.9. The fourth-order valence-electron chi connectivity index (χ4n) is 4.65. The van der Waals surface area contributed by atoms with Crippen LogP contribution in [0.15, 0.2) is 30.7 Å². The molecule has 3 aromatic heterocycles. The Labute approximate surface area is 190 Å². The van der Waals surface area contributed by atoms with Crippen molar-refractivity contribution < 1.29 is 26.7 Å². The van der Waals surface area contributed by atoms with Crippen molar-refractivity contribution in [1.82, 2.24) is 24.7 Å². The van der Waals surface area contributed by atoms with E-state index in [2.05, 4.69) is 20.1 Å². The Morgan fingerprint density at radius 2 is 1.82 bits per heavy atom. The normalized spacial score (nSPS) is 18.6. The highest BCUT2D eigenvalue weighted by Gasteiger charge is 2.46. The van der Waals surface area contributed by atoms with Crippen LogP contribution in [0.25, 0.3) is 11.2 Å². The maximum Gasteiger partial charge on any atom is 0.433 e. The van der Waals surface area contributed by atoms with Crippen molar-refractivity contribution in [2.75, 3.05) is 29.4 Å². The third-order valence-electron chi connectivity index (χ3n) is 6.47. The summed E-state index contributed by atoms with van der Waals surface area (Å²) < 4.78 is 65.0. The molecule has 0 bridgehead atoms. The average molecular weight is 481 g/mol. The highest BCUT2D eigenvalue weighted by Crippen LogP contribution is 2.43. The van der Waals surface area contributed by atoms with E-state index in [1.54, 1.807) is 0 Å². The van der Waals surface area contributed by atoms with E-state index in [-0.39, 0.29) is 17.0 Å². The van der Waals surface area contributed by atoms with E-state index in [0.717, 1.165) is 10.7 Å².